The SMILES string of the molecule is O=C(CCCNC(=S)NCc1cccs1)N/C=C\CCOc1csc(CN2CCCCC2)c1. The third-order valence-electron chi connectivity index (χ3n) is 5.24. The van der Waals surface area contributed by atoms with Crippen molar-refractivity contribution in [3.8, 4) is 5.75 Å². The number of piperidine rings is 1. The van der Waals surface area contributed by atoms with Crippen LogP contribution in [-0.2, 0) is 17.9 Å². The summed E-state index contributed by atoms with van der Waals surface area (Å²) in [6.07, 6.45) is 9.57. The average molecular weight is 507 g/mol. The fourth-order valence-electron chi connectivity index (χ4n) is 3.50. The van der Waals surface area contributed by atoms with E-state index in [0.717, 1.165) is 31.7 Å². The maximum atomic E-state index is 11.9. The Labute approximate surface area is 210 Å². The molecule has 1 amide bonds. The highest BCUT2D eigenvalue weighted by Crippen LogP contribution is 2.24. The van der Waals surface area contributed by atoms with Gasteiger partial charge in [-0.15, -0.1) is 22.7 Å². The van der Waals surface area contributed by atoms with E-state index in [-0.39, 0.29) is 5.91 Å². The summed E-state index contributed by atoms with van der Waals surface area (Å²) in [5, 5.41) is 13.9. The number of carbonyl (C=O) groups excluding carboxylic acids is 1. The molecule has 2 aromatic heterocycles. The molecule has 6 nitrogen and oxygen atoms in total. The van der Waals surface area contributed by atoms with Crippen LogP contribution in [0.5, 0.6) is 5.75 Å². The van der Waals surface area contributed by atoms with Crippen molar-refractivity contribution in [2.75, 3.05) is 26.2 Å². The number of thiocarbonyl (C=S) groups is 1. The Morgan fingerprint density at radius 2 is 2.06 bits per heavy atom. The van der Waals surface area contributed by atoms with E-state index in [9.17, 15) is 4.79 Å². The van der Waals surface area contributed by atoms with Gasteiger partial charge in [0.05, 0.1) is 13.2 Å². The first-order valence-corrected chi connectivity index (χ1v) is 13.8. The number of nitrogens with zero attached hydrogens (tertiary/aromatic N) is 1. The molecule has 3 N–H and O–H groups in total. The van der Waals surface area contributed by atoms with Crippen LogP contribution >= 0.6 is 34.9 Å². The molecule has 3 heterocycles. The highest BCUT2D eigenvalue weighted by atomic mass is 32.1. The molecule has 180 valence electrons. The molecule has 1 fully saturated rings. The molecule has 0 radical (unpaired) electrons. The molecule has 0 aliphatic carbocycles. The molecule has 3 rings (SSSR count). The molecule has 1 saturated heterocycles. The van der Waals surface area contributed by atoms with Crippen molar-refractivity contribution in [1.29, 1.82) is 0 Å². The minimum Gasteiger partial charge on any atom is -0.492 e. The summed E-state index contributed by atoms with van der Waals surface area (Å²) in [5.74, 6) is 0.950. The third kappa shape index (κ3) is 10.7. The van der Waals surface area contributed by atoms with Crippen LogP contribution in [-0.4, -0.2) is 42.2 Å². The lowest BCUT2D eigenvalue weighted by molar-refractivity contribution is -0.120. The lowest BCUT2D eigenvalue weighted by atomic mass is 10.1. The minimum absolute atomic E-state index is 0.00613. The summed E-state index contributed by atoms with van der Waals surface area (Å²) in [6.45, 7) is 5.45. The first-order chi connectivity index (χ1) is 16.2. The standard InChI is InChI=1S/C24H34N4O2S3/c29-23(9-6-11-26-24(31)27-17-21-8-7-15-32-21)25-10-2-5-14-30-20-16-22(33-19-20)18-28-12-3-1-4-13-28/h2,7-8,10,15-16,19H,1,3-6,9,11-14,17-18H2,(H,25,29)(H2,26,27,31)/b10-2-. The average Bonchev–Trinajstić information content (AvgIpc) is 3.50. The molecule has 0 unspecified atom stereocenters. The highest BCUT2D eigenvalue weighted by molar-refractivity contribution is 7.80. The number of thiophene rings is 2. The fraction of sp³-hybridized carbons (Fsp3) is 0.500. The van der Waals surface area contributed by atoms with Gasteiger partial charge in [-0.25, -0.2) is 0 Å². The molecule has 9 heteroatoms. The van der Waals surface area contributed by atoms with Crippen LogP contribution < -0.4 is 20.7 Å². The van der Waals surface area contributed by atoms with Gasteiger partial charge in [0.2, 0.25) is 5.91 Å². The van der Waals surface area contributed by atoms with Gasteiger partial charge in [-0.2, -0.15) is 0 Å². The molecule has 33 heavy (non-hydrogen) atoms. The zero-order valence-electron chi connectivity index (χ0n) is 19.0. The van der Waals surface area contributed by atoms with E-state index in [0.29, 0.717) is 24.7 Å². The lowest BCUT2D eigenvalue weighted by Crippen LogP contribution is -2.35. The van der Waals surface area contributed by atoms with Gasteiger partial charge in [-0.3, -0.25) is 9.69 Å². The summed E-state index contributed by atoms with van der Waals surface area (Å²) < 4.78 is 5.83. The van der Waals surface area contributed by atoms with Crippen LogP contribution in [0.3, 0.4) is 0 Å². The summed E-state index contributed by atoms with van der Waals surface area (Å²) in [4.78, 5) is 17.0. The number of ether oxygens (including phenoxy) is 1. The number of hydrogen-bond acceptors (Lipinski definition) is 6. The van der Waals surface area contributed by atoms with Gasteiger partial charge in [0, 0.05) is 41.1 Å². The molecule has 0 spiro atoms. The Bertz CT molecular complexity index is 861. The number of hydrogen-bond donors (Lipinski definition) is 3. The molecule has 0 atom stereocenters. The van der Waals surface area contributed by atoms with Crippen LogP contribution in [0.4, 0.5) is 0 Å². The molecule has 0 aromatic carbocycles. The van der Waals surface area contributed by atoms with E-state index in [2.05, 4.69) is 38.4 Å². The van der Waals surface area contributed by atoms with Crippen LogP contribution in [0, 0.1) is 0 Å². The monoisotopic (exact) mass is 506 g/mol. The first-order valence-electron chi connectivity index (χ1n) is 11.6. The number of likely N-dealkylation sites (tertiary alicyclic amines) is 1. The van der Waals surface area contributed by atoms with E-state index in [1.54, 1.807) is 28.9 Å². The molecule has 1 aliphatic heterocycles. The first kappa shape index (κ1) is 25.7. The highest BCUT2D eigenvalue weighted by Gasteiger charge is 2.11. The second-order valence-electron chi connectivity index (χ2n) is 7.98. The summed E-state index contributed by atoms with van der Waals surface area (Å²) in [7, 11) is 0. The molecular weight excluding hydrogens is 472 g/mol. The number of rotatable bonds is 13. The Hall–Kier alpha value is -1.94. The van der Waals surface area contributed by atoms with E-state index in [1.165, 1.54) is 42.1 Å². The molecular formula is C24H34N4O2S3. The predicted molar refractivity (Wildman–Crippen MR) is 142 cm³/mol. The van der Waals surface area contributed by atoms with Gasteiger partial charge in [0.15, 0.2) is 5.11 Å². The van der Waals surface area contributed by atoms with Gasteiger partial charge in [-0.05, 0) is 68.3 Å². The molecule has 0 bridgehead atoms. The van der Waals surface area contributed by atoms with Crippen molar-refractivity contribution in [3.05, 3.63) is 51.0 Å². The van der Waals surface area contributed by atoms with Crippen molar-refractivity contribution in [3.63, 3.8) is 0 Å². The summed E-state index contributed by atoms with van der Waals surface area (Å²) in [5.41, 5.74) is 0. The Morgan fingerprint density at radius 1 is 1.18 bits per heavy atom. The normalized spacial score (nSPS) is 14.3. The van der Waals surface area contributed by atoms with E-state index < -0.39 is 0 Å². The van der Waals surface area contributed by atoms with Crippen molar-refractivity contribution in [1.82, 2.24) is 20.9 Å². The van der Waals surface area contributed by atoms with E-state index >= 15 is 0 Å². The predicted octanol–water partition coefficient (Wildman–Crippen LogP) is 4.64. The number of nitrogens with one attached hydrogen (secondary N) is 3. The zero-order valence-corrected chi connectivity index (χ0v) is 21.5. The van der Waals surface area contributed by atoms with Crippen molar-refractivity contribution in [2.45, 2.75) is 51.6 Å². The van der Waals surface area contributed by atoms with Crippen LogP contribution in [0.2, 0.25) is 0 Å². The number of amides is 1. The quantitative estimate of drug-likeness (QED) is 0.272. The van der Waals surface area contributed by atoms with Gasteiger partial charge in [0.25, 0.3) is 0 Å². The molecule has 1 aliphatic rings. The maximum absolute atomic E-state index is 11.9. The lowest BCUT2D eigenvalue weighted by Gasteiger charge is -2.25. The van der Waals surface area contributed by atoms with E-state index in [1.807, 2.05) is 17.5 Å². The maximum Gasteiger partial charge on any atom is 0.223 e. The van der Waals surface area contributed by atoms with Gasteiger partial charge >= 0.3 is 0 Å². The minimum atomic E-state index is 0.00613. The fourth-order valence-corrected chi connectivity index (χ4v) is 5.17. The smallest absolute Gasteiger partial charge is 0.223 e. The summed E-state index contributed by atoms with van der Waals surface area (Å²) >= 11 is 8.71. The Balaban J connectivity index is 1.17. The van der Waals surface area contributed by atoms with Crippen LogP contribution in [0.1, 0.15) is 48.3 Å². The van der Waals surface area contributed by atoms with Gasteiger partial charge in [-0.1, -0.05) is 18.6 Å². The second kappa shape index (κ2) is 15.1. The molecule has 0 saturated carbocycles. The molecule has 2 aromatic rings. The van der Waals surface area contributed by atoms with Crippen molar-refractivity contribution in [2.24, 2.45) is 0 Å². The second-order valence-corrected chi connectivity index (χ2v) is 10.4. The number of carbonyl (C=O) groups is 1. The third-order valence-corrected chi connectivity index (χ3v) is 7.31. The Morgan fingerprint density at radius 3 is 2.88 bits per heavy atom. The largest absolute Gasteiger partial charge is 0.492 e. The topological polar surface area (TPSA) is 65.6 Å². The zero-order chi connectivity index (χ0) is 23.1. The van der Waals surface area contributed by atoms with Gasteiger partial charge in [0.1, 0.15) is 5.75 Å². The summed E-state index contributed by atoms with van der Waals surface area (Å²) in [6, 6.07) is 6.25. The Kier molecular flexibility index (Phi) is 11.7. The van der Waals surface area contributed by atoms with Crippen LogP contribution in [0.25, 0.3) is 0 Å². The van der Waals surface area contributed by atoms with Gasteiger partial charge < -0.3 is 20.7 Å². The van der Waals surface area contributed by atoms with Crippen molar-refractivity contribution >= 4 is 45.9 Å². The van der Waals surface area contributed by atoms with E-state index in [4.69, 9.17) is 17.0 Å². The van der Waals surface area contributed by atoms with Crippen molar-refractivity contribution < 1.29 is 9.53 Å². The van der Waals surface area contributed by atoms with Crippen LogP contribution in [0.15, 0.2) is 41.2 Å².